The van der Waals surface area contributed by atoms with Gasteiger partial charge in [0.2, 0.25) is 11.3 Å². The second kappa shape index (κ2) is 14.3. The molecule has 54 heavy (non-hydrogen) atoms. The number of rotatable bonds is 8. The number of amides is 2. The largest absolute Gasteiger partial charge is 0.504 e. The Bertz CT molecular complexity index is 2200. The molecular weight excluding hydrogens is 731 g/mol. The Morgan fingerprint density at radius 2 is 1.85 bits per heavy atom. The Balaban J connectivity index is 1.28. The molecule has 7 rings (SSSR count). The molecule has 4 aromatic rings. The van der Waals surface area contributed by atoms with Crippen LogP contribution in [0, 0.1) is 6.92 Å². The lowest BCUT2D eigenvalue weighted by molar-refractivity contribution is -0.137. The fourth-order valence-corrected chi connectivity index (χ4v) is 8.07. The molecule has 1 saturated heterocycles. The van der Waals surface area contributed by atoms with Crippen LogP contribution in [0.15, 0.2) is 35.5 Å². The van der Waals surface area contributed by atoms with E-state index in [0.29, 0.717) is 49.3 Å². The summed E-state index contributed by atoms with van der Waals surface area (Å²) in [4.78, 5) is 65.0. The molecule has 2 aliphatic carbocycles. The van der Waals surface area contributed by atoms with Crippen LogP contribution in [-0.2, 0) is 23.9 Å². The SMILES string of the molecule is CCc1c(N2CCN(C(=O)c3ncnc(C)c3O)[C@H]3CC[C@@H]32)c(=O)c2nc(N(C)C3CCC(O)C3)cnc2n1CC(=O)Nc1ccc(C(F)(F)F)cc1Cl. The number of carbonyl (C=O) groups is 2. The summed E-state index contributed by atoms with van der Waals surface area (Å²) < 4.78 is 41.4. The molecule has 18 heteroatoms. The van der Waals surface area contributed by atoms with Crippen molar-refractivity contribution >= 4 is 51.8 Å². The summed E-state index contributed by atoms with van der Waals surface area (Å²) in [6.07, 6.45) is 1.19. The average Bonchev–Trinajstić information content (AvgIpc) is 3.56. The zero-order valence-electron chi connectivity index (χ0n) is 29.8. The van der Waals surface area contributed by atoms with Crippen molar-refractivity contribution < 1.29 is 33.0 Å². The molecule has 3 fully saturated rings. The highest BCUT2D eigenvalue weighted by Crippen LogP contribution is 2.39. The van der Waals surface area contributed by atoms with Crippen molar-refractivity contribution in [3.05, 3.63) is 68.6 Å². The number of aromatic hydroxyl groups is 1. The summed E-state index contributed by atoms with van der Waals surface area (Å²) in [7, 11) is 1.83. The number of hydrogen-bond donors (Lipinski definition) is 3. The minimum absolute atomic E-state index is 0.0150. The molecule has 1 aliphatic heterocycles. The number of aromatic nitrogens is 5. The second-order valence-corrected chi connectivity index (χ2v) is 14.4. The molecule has 2 unspecified atom stereocenters. The van der Waals surface area contributed by atoms with E-state index in [-0.39, 0.29) is 76.8 Å². The fourth-order valence-electron chi connectivity index (χ4n) is 7.84. The number of fused-ring (bicyclic) bond motifs is 2. The molecule has 14 nitrogen and oxygen atoms in total. The molecule has 0 bridgehead atoms. The van der Waals surface area contributed by atoms with Crippen LogP contribution >= 0.6 is 11.6 Å². The normalized spacial score (nSPS) is 21.2. The average molecular weight is 770 g/mol. The van der Waals surface area contributed by atoms with Crippen LogP contribution in [0.1, 0.15) is 66.5 Å². The Labute approximate surface area is 312 Å². The van der Waals surface area contributed by atoms with E-state index >= 15 is 0 Å². The number of halogens is 4. The third kappa shape index (κ3) is 6.67. The standard InChI is InChI=1S/C36H39ClF3N9O5/c1-4-24-31(47-11-12-48(26-10-9-25(26)47)35(54)30-32(52)18(2)42-17-43-30)33(53)29-34(41-15-27(45-29)46(3)20-6-7-21(50)14-20)49(24)16-28(51)44-23-8-5-19(13-22(23)37)36(38,39)40/h5,8,13,15,17,20-21,25-26,50,52H,4,6-7,9-12,14,16H2,1-3H3,(H,44,51)/t20?,21?,25-,26-/m0/s1. The predicted octanol–water partition coefficient (Wildman–Crippen LogP) is 4.31. The van der Waals surface area contributed by atoms with Gasteiger partial charge in [-0.25, -0.2) is 19.9 Å². The Hall–Kier alpha value is -5.03. The molecule has 3 aliphatic rings. The van der Waals surface area contributed by atoms with Crippen LogP contribution in [-0.4, -0.2) is 95.8 Å². The number of carbonyl (C=O) groups excluding carboxylic acids is 2. The number of anilines is 3. The van der Waals surface area contributed by atoms with E-state index in [2.05, 4.69) is 20.3 Å². The van der Waals surface area contributed by atoms with Gasteiger partial charge < -0.3 is 34.8 Å². The maximum absolute atomic E-state index is 14.7. The molecule has 3 aromatic heterocycles. The van der Waals surface area contributed by atoms with E-state index in [1.54, 1.807) is 16.4 Å². The Morgan fingerprint density at radius 1 is 1.09 bits per heavy atom. The van der Waals surface area contributed by atoms with E-state index in [4.69, 9.17) is 16.6 Å². The molecule has 3 N–H and O–H groups in total. The third-order valence-electron chi connectivity index (χ3n) is 10.9. The lowest BCUT2D eigenvalue weighted by Gasteiger charge is -2.54. The molecule has 0 radical (unpaired) electrons. The van der Waals surface area contributed by atoms with Gasteiger partial charge in [0.05, 0.1) is 40.3 Å². The summed E-state index contributed by atoms with van der Waals surface area (Å²) >= 11 is 6.16. The van der Waals surface area contributed by atoms with Crippen molar-refractivity contribution in [1.82, 2.24) is 29.4 Å². The first-order valence-corrected chi connectivity index (χ1v) is 18.1. The van der Waals surface area contributed by atoms with Gasteiger partial charge in [-0.1, -0.05) is 18.5 Å². The summed E-state index contributed by atoms with van der Waals surface area (Å²) in [5.41, 5.74) is -0.219. The number of nitrogens with zero attached hydrogens (tertiary/aromatic N) is 8. The molecular formula is C36H39ClF3N9O5. The van der Waals surface area contributed by atoms with Gasteiger partial charge in [-0.2, -0.15) is 13.2 Å². The van der Waals surface area contributed by atoms with E-state index in [1.165, 1.54) is 12.5 Å². The smallest absolute Gasteiger partial charge is 0.416 e. The molecule has 2 amide bonds. The van der Waals surface area contributed by atoms with Gasteiger partial charge in [-0.15, -0.1) is 0 Å². The minimum atomic E-state index is -4.62. The quantitative estimate of drug-likeness (QED) is 0.234. The first kappa shape index (κ1) is 37.3. The van der Waals surface area contributed by atoms with Crippen LogP contribution in [0.3, 0.4) is 0 Å². The number of benzene rings is 1. The maximum atomic E-state index is 14.7. The molecule has 0 spiro atoms. The summed E-state index contributed by atoms with van der Waals surface area (Å²) in [6.45, 7) is 3.52. The van der Waals surface area contributed by atoms with Gasteiger partial charge in [0, 0.05) is 37.9 Å². The maximum Gasteiger partial charge on any atom is 0.416 e. The number of pyridine rings is 1. The summed E-state index contributed by atoms with van der Waals surface area (Å²) in [5.74, 6) is -0.928. The van der Waals surface area contributed by atoms with Crippen molar-refractivity contribution in [2.24, 2.45) is 0 Å². The minimum Gasteiger partial charge on any atom is -0.504 e. The Kier molecular flexibility index (Phi) is 9.89. The van der Waals surface area contributed by atoms with Crippen LogP contribution < -0.4 is 20.5 Å². The van der Waals surface area contributed by atoms with Gasteiger partial charge in [-0.05, 0) is 63.6 Å². The number of aryl methyl sites for hydroxylation is 1. The van der Waals surface area contributed by atoms with Crippen LogP contribution in [0.4, 0.5) is 30.4 Å². The van der Waals surface area contributed by atoms with Crippen molar-refractivity contribution in [2.45, 2.75) is 89.3 Å². The zero-order valence-corrected chi connectivity index (χ0v) is 30.5. The van der Waals surface area contributed by atoms with Crippen molar-refractivity contribution in [1.29, 1.82) is 0 Å². The van der Waals surface area contributed by atoms with Crippen LogP contribution in [0.25, 0.3) is 11.2 Å². The van der Waals surface area contributed by atoms with E-state index in [9.17, 15) is 37.8 Å². The zero-order chi connectivity index (χ0) is 38.6. The topological polar surface area (TPSA) is 170 Å². The number of hydrogen-bond acceptors (Lipinski definition) is 11. The second-order valence-electron chi connectivity index (χ2n) is 14.0. The molecule has 1 aromatic carbocycles. The number of alkyl halides is 3. The first-order valence-electron chi connectivity index (χ1n) is 17.8. The van der Waals surface area contributed by atoms with Gasteiger partial charge in [0.1, 0.15) is 24.4 Å². The van der Waals surface area contributed by atoms with Crippen LogP contribution in [0.2, 0.25) is 5.02 Å². The number of aliphatic hydroxyl groups excluding tert-OH is 1. The van der Waals surface area contributed by atoms with Gasteiger partial charge in [0.15, 0.2) is 22.6 Å². The van der Waals surface area contributed by atoms with E-state index in [0.717, 1.165) is 24.6 Å². The molecule has 286 valence electrons. The monoisotopic (exact) mass is 769 g/mol. The summed E-state index contributed by atoms with van der Waals surface area (Å²) in [6, 6.07) is 2.06. The van der Waals surface area contributed by atoms with E-state index < -0.39 is 35.1 Å². The highest BCUT2D eigenvalue weighted by atomic mass is 35.5. The molecule has 2 saturated carbocycles. The lowest BCUT2D eigenvalue weighted by atomic mass is 9.81. The van der Waals surface area contributed by atoms with E-state index in [1.807, 2.05) is 23.8 Å². The van der Waals surface area contributed by atoms with Gasteiger partial charge in [0.25, 0.3) is 5.91 Å². The predicted molar refractivity (Wildman–Crippen MR) is 194 cm³/mol. The number of aliphatic hydroxyl groups is 1. The lowest BCUT2D eigenvalue weighted by Crippen LogP contribution is -2.67. The van der Waals surface area contributed by atoms with Gasteiger partial charge >= 0.3 is 6.18 Å². The van der Waals surface area contributed by atoms with Crippen LogP contribution in [0.5, 0.6) is 5.75 Å². The summed E-state index contributed by atoms with van der Waals surface area (Å²) in [5, 5.41) is 23.0. The molecule has 4 atom stereocenters. The number of nitrogens with one attached hydrogen (secondary N) is 1. The first-order chi connectivity index (χ1) is 25.7. The highest BCUT2D eigenvalue weighted by molar-refractivity contribution is 6.33. The van der Waals surface area contributed by atoms with Gasteiger partial charge in [-0.3, -0.25) is 14.4 Å². The molecule has 4 heterocycles. The van der Waals surface area contributed by atoms with Crippen molar-refractivity contribution in [3.63, 3.8) is 0 Å². The fraction of sp³-hybridized carbons (Fsp3) is 0.472. The number of piperazine rings is 1. The van der Waals surface area contributed by atoms with Crippen molar-refractivity contribution in [2.75, 3.05) is 35.3 Å². The van der Waals surface area contributed by atoms with Crippen molar-refractivity contribution in [3.8, 4) is 5.75 Å². The third-order valence-corrected chi connectivity index (χ3v) is 11.2. The Morgan fingerprint density at radius 3 is 2.50 bits per heavy atom. The highest BCUT2D eigenvalue weighted by Gasteiger charge is 2.47.